The van der Waals surface area contributed by atoms with Gasteiger partial charge in [0.1, 0.15) is 5.01 Å². The molecule has 2 aromatic rings. The molecule has 1 N–H and O–H groups in total. The van der Waals surface area contributed by atoms with Crippen molar-refractivity contribution in [1.82, 2.24) is 10.2 Å². The fraction of sp³-hybridized carbons (Fsp3) is 0.438. The summed E-state index contributed by atoms with van der Waals surface area (Å²) in [6.45, 7) is 6.10. The smallest absolute Gasteiger partial charge is 0.239 e. The molecule has 0 bridgehead atoms. The van der Waals surface area contributed by atoms with Gasteiger partial charge in [0.15, 0.2) is 0 Å². The highest BCUT2D eigenvalue weighted by Crippen LogP contribution is 2.25. The quantitative estimate of drug-likeness (QED) is 0.766. The Hall–Kier alpha value is -1.40. The molecule has 0 saturated heterocycles. The summed E-state index contributed by atoms with van der Waals surface area (Å²) in [5, 5.41) is 12.4. The van der Waals surface area contributed by atoms with Crippen LogP contribution in [0.2, 0.25) is 0 Å². The van der Waals surface area contributed by atoms with E-state index in [-0.39, 0.29) is 11.2 Å². The van der Waals surface area contributed by atoms with E-state index in [2.05, 4.69) is 41.5 Å². The van der Waals surface area contributed by atoms with E-state index in [0.29, 0.717) is 5.13 Å². The molecule has 0 aliphatic carbocycles. The Morgan fingerprint density at radius 3 is 2.73 bits per heavy atom. The zero-order valence-corrected chi connectivity index (χ0v) is 14.8. The molecule has 1 amide bonds. The summed E-state index contributed by atoms with van der Waals surface area (Å²) in [6, 6.07) is 8.19. The number of nitrogens with zero attached hydrogens (tertiary/aromatic N) is 2. The zero-order valence-electron chi connectivity index (χ0n) is 13.1. The highest BCUT2D eigenvalue weighted by molar-refractivity contribution is 8.00. The Morgan fingerprint density at radius 1 is 1.32 bits per heavy atom. The van der Waals surface area contributed by atoms with E-state index in [0.717, 1.165) is 29.2 Å². The van der Waals surface area contributed by atoms with Crippen molar-refractivity contribution < 1.29 is 4.79 Å². The maximum Gasteiger partial charge on any atom is 0.239 e. The van der Waals surface area contributed by atoms with Crippen molar-refractivity contribution in [1.29, 1.82) is 0 Å². The number of aryl methyl sites for hydroxylation is 2. The summed E-state index contributed by atoms with van der Waals surface area (Å²) in [5.41, 5.74) is 1.22. The molecule has 1 atom stereocenters. The fourth-order valence-corrected chi connectivity index (χ4v) is 3.47. The van der Waals surface area contributed by atoms with Gasteiger partial charge in [-0.1, -0.05) is 42.4 Å². The van der Waals surface area contributed by atoms with Gasteiger partial charge < -0.3 is 0 Å². The maximum atomic E-state index is 12.2. The molecule has 2 rings (SSSR count). The molecule has 6 heteroatoms. The molecule has 1 unspecified atom stereocenters. The number of hydrogen-bond donors (Lipinski definition) is 1. The van der Waals surface area contributed by atoms with Gasteiger partial charge in [-0.25, -0.2) is 0 Å². The molecule has 0 fully saturated rings. The third-order valence-electron chi connectivity index (χ3n) is 3.14. The average molecular weight is 335 g/mol. The first kappa shape index (κ1) is 17.0. The second kappa shape index (κ2) is 8.29. The number of aromatic nitrogens is 2. The van der Waals surface area contributed by atoms with E-state index in [4.69, 9.17) is 0 Å². The van der Waals surface area contributed by atoms with E-state index in [1.54, 1.807) is 11.8 Å². The van der Waals surface area contributed by atoms with Gasteiger partial charge in [-0.3, -0.25) is 10.1 Å². The second-order valence-corrected chi connectivity index (χ2v) is 7.64. The van der Waals surface area contributed by atoms with E-state index in [9.17, 15) is 4.79 Å². The normalized spacial score (nSPS) is 12.1. The van der Waals surface area contributed by atoms with Crippen LogP contribution in [0.1, 0.15) is 37.3 Å². The van der Waals surface area contributed by atoms with Crippen molar-refractivity contribution >= 4 is 34.1 Å². The first-order chi connectivity index (χ1) is 10.6. The number of carbonyl (C=O) groups excluding carboxylic acids is 1. The number of benzene rings is 1. The Kier molecular flexibility index (Phi) is 6.39. The van der Waals surface area contributed by atoms with Crippen molar-refractivity contribution in [2.24, 2.45) is 0 Å². The number of thioether (sulfide) groups is 1. The van der Waals surface area contributed by atoms with Crippen molar-refractivity contribution in [3.8, 4) is 0 Å². The number of carbonyl (C=O) groups is 1. The molecular weight excluding hydrogens is 314 g/mol. The average Bonchev–Trinajstić information content (AvgIpc) is 2.95. The van der Waals surface area contributed by atoms with E-state index < -0.39 is 0 Å². The Labute approximate surface area is 139 Å². The molecule has 4 nitrogen and oxygen atoms in total. The molecule has 0 aliphatic heterocycles. The number of anilines is 1. The molecule has 0 saturated carbocycles. The van der Waals surface area contributed by atoms with Gasteiger partial charge in [0.25, 0.3) is 0 Å². The van der Waals surface area contributed by atoms with Crippen LogP contribution < -0.4 is 5.32 Å². The molecule has 1 aromatic carbocycles. The van der Waals surface area contributed by atoms with Gasteiger partial charge in [-0.2, -0.15) is 0 Å². The number of unbranched alkanes of at least 4 members (excludes halogenated alkanes) is 1. The minimum Gasteiger partial charge on any atom is -0.300 e. The minimum atomic E-state index is -0.175. The van der Waals surface area contributed by atoms with Gasteiger partial charge in [-0.15, -0.1) is 22.0 Å². The third-order valence-corrected chi connectivity index (χ3v) is 5.15. The lowest BCUT2D eigenvalue weighted by atomic mass is 10.2. The summed E-state index contributed by atoms with van der Waals surface area (Å²) in [5.74, 6) is -0.0382. The lowest BCUT2D eigenvalue weighted by Crippen LogP contribution is -2.22. The van der Waals surface area contributed by atoms with Gasteiger partial charge in [-0.05, 0) is 32.4 Å². The molecule has 1 heterocycles. The standard InChI is InChI=1S/C16H21N3OS2/c1-4-5-6-14-18-19-16(22-14)17-15(20)12(3)21-13-9-7-11(2)8-10-13/h7-10,12H,4-6H2,1-3H3,(H,17,19,20). The monoisotopic (exact) mass is 335 g/mol. The van der Waals surface area contributed by atoms with Crippen molar-refractivity contribution in [3.05, 3.63) is 34.8 Å². The lowest BCUT2D eigenvalue weighted by molar-refractivity contribution is -0.115. The van der Waals surface area contributed by atoms with Crippen LogP contribution in [0.3, 0.4) is 0 Å². The van der Waals surface area contributed by atoms with Crippen LogP contribution in [0.25, 0.3) is 0 Å². The van der Waals surface area contributed by atoms with Gasteiger partial charge in [0.05, 0.1) is 5.25 Å². The van der Waals surface area contributed by atoms with Crippen molar-refractivity contribution in [2.45, 2.75) is 50.2 Å². The summed E-state index contributed by atoms with van der Waals surface area (Å²) in [7, 11) is 0. The van der Waals surface area contributed by atoms with E-state index in [1.807, 2.05) is 19.1 Å². The molecule has 0 aliphatic rings. The predicted molar refractivity (Wildman–Crippen MR) is 93.6 cm³/mol. The molecule has 22 heavy (non-hydrogen) atoms. The fourth-order valence-electron chi connectivity index (χ4n) is 1.81. The maximum absolute atomic E-state index is 12.2. The SMILES string of the molecule is CCCCc1nnc(NC(=O)C(C)Sc2ccc(C)cc2)s1. The van der Waals surface area contributed by atoms with Crippen LogP contribution in [-0.4, -0.2) is 21.4 Å². The number of hydrogen-bond acceptors (Lipinski definition) is 5. The van der Waals surface area contributed by atoms with Gasteiger partial charge in [0, 0.05) is 11.3 Å². The summed E-state index contributed by atoms with van der Waals surface area (Å²) >= 11 is 3.01. The van der Waals surface area contributed by atoms with Crippen molar-refractivity contribution in [2.75, 3.05) is 5.32 Å². The van der Waals surface area contributed by atoms with Crippen LogP contribution in [0.5, 0.6) is 0 Å². The van der Waals surface area contributed by atoms with Crippen LogP contribution in [-0.2, 0) is 11.2 Å². The van der Waals surface area contributed by atoms with Crippen LogP contribution in [0, 0.1) is 6.92 Å². The number of rotatable bonds is 7. The van der Waals surface area contributed by atoms with Crippen LogP contribution in [0.4, 0.5) is 5.13 Å². The zero-order chi connectivity index (χ0) is 15.9. The second-order valence-electron chi connectivity index (χ2n) is 5.17. The molecule has 0 radical (unpaired) electrons. The number of amides is 1. The van der Waals surface area contributed by atoms with Crippen molar-refractivity contribution in [3.63, 3.8) is 0 Å². The molecule has 118 valence electrons. The predicted octanol–water partition coefficient (Wildman–Crippen LogP) is 4.31. The minimum absolute atomic E-state index is 0.0382. The summed E-state index contributed by atoms with van der Waals surface area (Å²) in [4.78, 5) is 13.3. The third kappa shape index (κ3) is 5.10. The Balaban J connectivity index is 1.88. The van der Waals surface area contributed by atoms with Crippen LogP contribution in [0.15, 0.2) is 29.2 Å². The highest BCUT2D eigenvalue weighted by atomic mass is 32.2. The lowest BCUT2D eigenvalue weighted by Gasteiger charge is -2.10. The highest BCUT2D eigenvalue weighted by Gasteiger charge is 2.16. The van der Waals surface area contributed by atoms with Crippen LogP contribution >= 0.6 is 23.1 Å². The van der Waals surface area contributed by atoms with Gasteiger partial charge in [0.2, 0.25) is 11.0 Å². The van der Waals surface area contributed by atoms with E-state index >= 15 is 0 Å². The molecular formula is C16H21N3OS2. The first-order valence-electron chi connectivity index (χ1n) is 7.45. The summed E-state index contributed by atoms with van der Waals surface area (Å²) in [6.07, 6.45) is 3.16. The molecule has 1 aromatic heterocycles. The Morgan fingerprint density at radius 2 is 2.05 bits per heavy atom. The topological polar surface area (TPSA) is 54.9 Å². The summed E-state index contributed by atoms with van der Waals surface area (Å²) < 4.78 is 0. The first-order valence-corrected chi connectivity index (χ1v) is 9.14. The largest absolute Gasteiger partial charge is 0.300 e. The Bertz CT molecular complexity index is 610. The molecule has 0 spiro atoms. The van der Waals surface area contributed by atoms with E-state index in [1.165, 1.54) is 16.9 Å². The van der Waals surface area contributed by atoms with Gasteiger partial charge >= 0.3 is 0 Å². The number of nitrogens with one attached hydrogen (secondary N) is 1.